The van der Waals surface area contributed by atoms with Crippen molar-refractivity contribution in [1.29, 1.82) is 0 Å². The molecule has 27 heavy (non-hydrogen) atoms. The van der Waals surface area contributed by atoms with E-state index in [9.17, 15) is 9.59 Å². The number of hydrogen-bond acceptors (Lipinski definition) is 3. The lowest BCUT2D eigenvalue weighted by Gasteiger charge is -2.14. The molecule has 3 heteroatoms. The van der Waals surface area contributed by atoms with Crippen LogP contribution in [-0.2, 0) is 14.3 Å². The van der Waals surface area contributed by atoms with Crippen LogP contribution in [0.2, 0.25) is 0 Å². The van der Waals surface area contributed by atoms with Gasteiger partial charge in [-0.2, -0.15) is 0 Å². The first-order chi connectivity index (χ1) is 13.1. The van der Waals surface area contributed by atoms with Crippen molar-refractivity contribution < 1.29 is 14.3 Å². The first-order valence-corrected chi connectivity index (χ1v) is 9.58. The number of hydrogen-bond donors (Lipinski definition) is 0. The average Bonchev–Trinajstić information content (AvgIpc) is 3.00. The molecule has 3 rings (SSSR count). The largest absolute Gasteiger partial charge is 0.361 e. The Morgan fingerprint density at radius 2 is 1.44 bits per heavy atom. The molecule has 1 aliphatic rings. The maximum atomic E-state index is 12.2. The second-order valence-electron chi connectivity index (χ2n) is 7.17. The van der Waals surface area contributed by atoms with Crippen LogP contribution >= 0.6 is 0 Å². The van der Waals surface area contributed by atoms with Crippen LogP contribution in [0.4, 0.5) is 0 Å². The van der Waals surface area contributed by atoms with Gasteiger partial charge in [-0.1, -0.05) is 61.5 Å². The van der Waals surface area contributed by atoms with Crippen LogP contribution in [0.5, 0.6) is 0 Å². The van der Waals surface area contributed by atoms with E-state index >= 15 is 0 Å². The summed E-state index contributed by atoms with van der Waals surface area (Å²) in [5, 5.41) is 0. The van der Waals surface area contributed by atoms with Crippen molar-refractivity contribution in [2.75, 3.05) is 6.61 Å². The second-order valence-corrected chi connectivity index (χ2v) is 7.17. The summed E-state index contributed by atoms with van der Waals surface area (Å²) in [4.78, 5) is 23.7. The summed E-state index contributed by atoms with van der Waals surface area (Å²) in [7, 11) is 0. The van der Waals surface area contributed by atoms with Crippen LogP contribution < -0.4 is 0 Å². The molecule has 0 bridgehead atoms. The zero-order valence-electron chi connectivity index (χ0n) is 15.9. The summed E-state index contributed by atoms with van der Waals surface area (Å²) < 4.78 is 6.03. The Morgan fingerprint density at radius 3 is 2.04 bits per heavy atom. The minimum atomic E-state index is -0.172. The van der Waals surface area contributed by atoms with Crippen LogP contribution in [0.3, 0.4) is 0 Å². The Kier molecular flexibility index (Phi) is 6.36. The first-order valence-electron chi connectivity index (χ1n) is 9.58. The lowest BCUT2D eigenvalue weighted by molar-refractivity contribution is -0.125. The lowest BCUT2D eigenvalue weighted by Crippen LogP contribution is -2.12. The lowest BCUT2D eigenvalue weighted by atomic mass is 10.1. The van der Waals surface area contributed by atoms with Crippen molar-refractivity contribution in [2.24, 2.45) is 0 Å². The highest BCUT2D eigenvalue weighted by Gasteiger charge is 2.28. The van der Waals surface area contributed by atoms with Crippen LogP contribution in [0.15, 0.2) is 60.7 Å². The fraction of sp³-hybridized carbons (Fsp3) is 0.333. The van der Waals surface area contributed by atoms with Crippen molar-refractivity contribution in [3.8, 4) is 11.1 Å². The predicted molar refractivity (Wildman–Crippen MR) is 108 cm³/mol. The fourth-order valence-corrected chi connectivity index (χ4v) is 3.54. The molecule has 0 saturated carbocycles. The zero-order valence-corrected chi connectivity index (χ0v) is 15.9. The van der Waals surface area contributed by atoms with Crippen LogP contribution in [0.1, 0.15) is 56.3 Å². The Balaban J connectivity index is 1.48. The predicted octanol–water partition coefficient (Wildman–Crippen LogP) is 5.44. The Morgan fingerprint density at radius 1 is 0.889 bits per heavy atom. The molecule has 0 N–H and O–H groups in total. The second kappa shape index (κ2) is 8.92. The van der Waals surface area contributed by atoms with Crippen LogP contribution in [0, 0.1) is 0 Å². The van der Waals surface area contributed by atoms with Crippen molar-refractivity contribution in [2.45, 2.75) is 45.1 Å². The number of carbonyl (C=O) groups is 2. The van der Waals surface area contributed by atoms with Crippen molar-refractivity contribution >= 4 is 11.6 Å². The molecular formula is C24H26O3. The summed E-state index contributed by atoms with van der Waals surface area (Å²) in [6, 6.07) is 16.4. The number of ether oxygens (including phenoxy) is 1. The molecule has 3 nitrogen and oxygen atoms in total. The van der Waals surface area contributed by atoms with E-state index in [4.69, 9.17) is 4.74 Å². The van der Waals surface area contributed by atoms with Gasteiger partial charge in [-0.05, 0) is 47.6 Å². The average molecular weight is 362 g/mol. The number of rotatable bonds is 10. The summed E-state index contributed by atoms with van der Waals surface area (Å²) in [6.45, 7) is 5.52. The highest BCUT2D eigenvalue weighted by atomic mass is 16.5. The summed E-state index contributed by atoms with van der Waals surface area (Å²) in [5.41, 5.74) is 5.24. The molecule has 0 radical (unpaired) electrons. The quantitative estimate of drug-likeness (QED) is 0.418. The zero-order chi connectivity index (χ0) is 19.2. The van der Waals surface area contributed by atoms with E-state index in [1.54, 1.807) is 6.92 Å². The fourth-order valence-electron chi connectivity index (χ4n) is 3.54. The van der Waals surface area contributed by atoms with E-state index in [0.29, 0.717) is 18.4 Å². The van der Waals surface area contributed by atoms with E-state index < -0.39 is 0 Å². The van der Waals surface area contributed by atoms with Gasteiger partial charge in [-0.25, -0.2) is 0 Å². The molecule has 0 amide bonds. The molecule has 0 aliphatic heterocycles. The van der Waals surface area contributed by atoms with Gasteiger partial charge in [0.25, 0.3) is 0 Å². The van der Waals surface area contributed by atoms with Gasteiger partial charge in [0.1, 0.15) is 12.7 Å². The van der Waals surface area contributed by atoms with Gasteiger partial charge in [0.05, 0.1) is 0 Å². The third-order valence-corrected chi connectivity index (χ3v) is 5.02. The molecule has 0 saturated heterocycles. The van der Waals surface area contributed by atoms with Gasteiger partial charge in [0, 0.05) is 12.8 Å². The highest BCUT2D eigenvalue weighted by molar-refractivity contribution is 5.94. The molecule has 0 unspecified atom stereocenters. The molecule has 140 valence electrons. The van der Waals surface area contributed by atoms with Crippen LogP contribution in [0.25, 0.3) is 11.1 Å². The van der Waals surface area contributed by atoms with E-state index in [1.807, 2.05) is 24.3 Å². The summed E-state index contributed by atoms with van der Waals surface area (Å²) >= 11 is 0. The Bertz CT molecular complexity index is 805. The maximum Gasteiger partial charge on any atom is 0.158 e. The Labute approximate surface area is 161 Å². The van der Waals surface area contributed by atoms with E-state index in [2.05, 4.69) is 30.8 Å². The molecule has 0 heterocycles. The highest BCUT2D eigenvalue weighted by Crippen LogP contribution is 2.44. The number of fused-ring (bicyclic) bond motifs is 3. The van der Waals surface area contributed by atoms with Crippen LogP contribution in [-0.4, -0.2) is 18.2 Å². The molecular weight excluding hydrogens is 336 g/mol. The number of unbranched alkanes of at least 4 members (excludes halogenated alkanes) is 2. The van der Waals surface area contributed by atoms with Gasteiger partial charge in [0.2, 0.25) is 0 Å². The number of allylic oxidation sites excluding steroid dienone is 1. The molecule has 0 aromatic heterocycles. The smallest absolute Gasteiger partial charge is 0.158 e. The van der Waals surface area contributed by atoms with Crippen molar-refractivity contribution in [3.05, 3.63) is 71.8 Å². The van der Waals surface area contributed by atoms with Crippen molar-refractivity contribution in [3.63, 3.8) is 0 Å². The third kappa shape index (κ3) is 4.61. The standard InChI is InChI=1S/C24H26O3/c1-17(2)23(26)15-5-3-4-10-18(25)16-27-24-21-13-8-6-11-19(21)20-12-7-9-14-22(20)24/h6-9,11-14,24H,1,3-5,10,15-16H2,2H3. The van der Waals surface area contributed by atoms with Gasteiger partial charge in [0.15, 0.2) is 11.6 Å². The third-order valence-electron chi connectivity index (χ3n) is 5.02. The van der Waals surface area contributed by atoms with Crippen molar-refractivity contribution in [1.82, 2.24) is 0 Å². The normalized spacial score (nSPS) is 12.5. The molecule has 2 aromatic carbocycles. The minimum absolute atomic E-state index is 0.114. The molecule has 0 spiro atoms. The van der Waals surface area contributed by atoms with E-state index in [1.165, 1.54) is 11.1 Å². The van der Waals surface area contributed by atoms with Gasteiger partial charge in [-0.15, -0.1) is 0 Å². The maximum absolute atomic E-state index is 12.2. The first kappa shape index (κ1) is 19.2. The number of carbonyl (C=O) groups excluding carboxylic acids is 2. The van der Waals surface area contributed by atoms with E-state index in [-0.39, 0.29) is 24.3 Å². The molecule has 0 fully saturated rings. The summed E-state index contributed by atoms with van der Waals surface area (Å²) in [5.74, 6) is 0.228. The van der Waals surface area contributed by atoms with Gasteiger partial charge in [-0.3, -0.25) is 9.59 Å². The number of Topliss-reactive ketones (excluding diaryl/α,β-unsaturated/α-hetero) is 2. The van der Waals surface area contributed by atoms with E-state index in [0.717, 1.165) is 30.4 Å². The Hall–Kier alpha value is -2.52. The molecule has 0 atom stereocenters. The monoisotopic (exact) mass is 362 g/mol. The topological polar surface area (TPSA) is 43.4 Å². The minimum Gasteiger partial charge on any atom is -0.361 e. The SMILES string of the molecule is C=C(C)C(=O)CCCCCC(=O)COC1c2ccccc2-c2ccccc21. The number of ketones is 2. The molecule has 1 aliphatic carbocycles. The summed E-state index contributed by atoms with van der Waals surface area (Å²) in [6.07, 6.45) is 3.33. The number of benzene rings is 2. The van der Waals surface area contributed by atoms with Gasteiger partial charge < -0.3 is 4.74 Å². The van der Waals surface area contributed by atoms with Gasteiger partial charge >= 0.3 is 0 Å². The molecule has 2 aromatic rings.